The Morgan fingerprint density at radius 1 is 1.19 bits per heavy atom. The number of carbonyl (C=O) groups excluding carboxylic acids is 1. The molecule has 0 bridgehead atoms. The lowest BCUT2D eigenvalue weighted by Crippen LogP contribution is -2.43. The number of halogens is 1. The molecule has 2 aliphatic heterocycles. The van der Waals surface area contributed by atoms with Crippen LogP contribution in [-0.4, -0.2) is 46.9 Å². The summed E-state index contributed by atoms with van der Waals surface area (Å²) in [4.78, 5) is 21.6. The molecular formula is C21H26ClN3O2. The maximum absolute atomic E-state index is 12.9. The van der Waals surface area contributed by atoms with E-state index >= 15 is 0 Å². The van der Waals surface area contributed by atoms with E-state index in [4.69, 9.17) is 16.0 Å². The Balaban J connectivity index is 1.45. The van der Waals surface area contributed by atoms with Gasteiger partial charge in [0.25, 0.3) is 0 Å². The second-order valence-corrected chi connectivity index (χ2v) is 7.99. The van der Waals surface area contributed by atoms with Crippen molar-refractivity contribution in [1.82, 2.24) is 14.8 Å². The molecule has 0 radical (unpaired) electrons. The molecule has 144 valence electrons. The number of hydrogen-bond acceptors (Lipinski definition) is 4. The number of rotatable bonds is 5. The number of carbonyl (C=O) groups is 1. The van der Waals surface area contributed by atoms with Crippen LogP contribution in [0.2, 0.25) is 5.02 Å². The highest BCUT2D eigenvalue weighted by molar-refractivity contribution is 6.30. The molecule has 1 atom stereocenters. The number of amides is 1. The van der Waals surface area contributed by atoms with Crippen molar-refractivity contribution < 1.29 is 9.21 Å². The van der Waals surface area contributed by atoms with Crippen LogP contribution in [0.25, 0.3) is 0 Å². The molecule has 1 amide bonds. The maximum Gasteiger partial charge on any atom is 0.237 e. The molecular weight excluding hydrogens is 362 g/mol. The first-order chi connectivity index (χ1) is 13.2. The molecule has 5 nitrogen and oxygen atoms in total. The van der Waals surface area contributed by atoms with Gasteiger partial charge in [-0.2, -0.15) is 0 Å². The number of benzene rings is 1. The van der Waals surface area contributed by atoms with E-state index in [1.165, 1.54) is 12.8 Å². The van der Waals surface area contributed by atoms with Gasteiger partial charge in [0.05, 0.1) is 12.7 Å². The summed E-state index contributed by atoms with van der Waals surface area (Å²) in [7, 11) is 0. The molecule has 2 fully saturated rings. The molecule has 6 heteroatoms. The van der Waals surface area contributed by atoms with Crippen LogP contribution in [0.4, 0.5) is 0 Å². The van der Waals surface area contributed by atoms with Gasteiger partial charge in [-0.15, -0.1) is 0 Å². The number of aromatic nitrogens is 1. The molecule has 0 saturated carbocycles. The fourth-order valence-corrected chi connectivity index (χ4v) is 4.33. The van der Waals surface area contributed by atoms with Crippen LogP contribution in [0.3, 0.4) is 0 Å². The standard InChI is InChI=1S/C21H26ClN3O2/c22-17-7-5-6-16(12-17)13-18-14-23-21(27-18)19-8-1-2-11-25(19)20(26)15-24-9-3-4-10-24/h5-7,12,14,19H,1-4,8-11,13,15H2. The zero-order valence-corrected chi connectivity index (χ0v) is 16.3. The molecule has 4 rings (SSSR count). The zero-order valence-electron chi connectivity index (χ0n) is 15.6. The van der Waals surface area contributed by atoms with E-state index in [1.54, 1.807) is 6.20 Å². The van der Waals surface area contributed by atoms with E-state index in [-0.39, 0.29) is 11.9 Å². The SMILES string of the molecule is O=C(CN1CCCC1)N1CCCCC1c1ncc(Cc2cccc(Cl)c2)o1. The predicted octanol–water partition coefficient (Wildman–Crippen LogP) is 4.07. The van der Waals surface area contributed by atoms with E-state index in [2.05, 4.69) is 9.88 Å². The number of oxazole rings is 1. The number of hydrogen-bond donors (Lipinski definition) is 0. The summed E-state index contributed by atoms with van der Waals surface area (Å²) in [5.41, 5.74) is 1.09. The third-order valence-electron chi connectivity index (χ3n) is 5.50. The van der Waals surface area contributed by atoms with Crippen LogP contribution in [0.1, 0.15) is 55.4 Å². The monoisotopic (exact) mass is 387 g/mol. The summed E-state index contributed by atoms with van der Waals surface area (Å²) < 4.78 is 6.06. The summed E-state index contributed by atoms with van der Waals surface area (Å²) in [5.74, 6) is 1.68. The number of nitrogens with zero attached hydrogens (tertiary/aromatic N) is 3. The molecule has 2 saturated heterocycles. The fourth-order valence-electron chi connectivity index (χ4n) is 4.12. The largest absolute Gasteiger partial charge is 0.443 e. The molecule has 27 heavy (non-hydrogen) atoms. The maximum atomic E-state index is 12.9. The highest BCUT2D eigenvalue weighted by Crippen LogP contribution is 2.31. The van der Waals surface area contributed by atoms with Gasteiger partial charge >= 0.3 is 0 Å². The van der Waals surface area contributed by atoms with Crippen molar-refractivity contribution in [2.24, 2.45) is 0 Å². The summed E-state index contributed by atoms with van der Waals surface area (Å²) in [6.45, 7) is 3.38. The van der Waals surface area contributed by atoms with Crippen molar-refractivity contribution in [3.63, 3.8) is 0 Å². The molecule has 0 spiro atoms. The third kappa shape index (κ3) is 4.53. The third-order valence-corrected chi connectivity index (χ3v) is 5.74. The Hall–Kier alpha value is -1.85. The lowest BCUT2D eigenvalue weighted by atomic mass is 10.0. The van der Waals surface area contributed by atoms with Gasteiger partial charge in [-0.25, -0.2) is 4.98 Å². The van der Waals surface area contributed by atoms with Gasteiger partial charge < -0.3 is 9.32 Å². The van der Waals surface area contributed by atoms with Crippen molar-refractivity contribution >= 4 is 17.5 Å². The molecule has 1 aromatic carbocycles. The molecule has 0 N–H and O–H groups in total. The first-order valence-electron chi connectivity index (χ1n) is 9.90. The van der Waals surface area contributed by atoms with Gasteiger partial charge in [0.15, 0.2) is 0 Å². The average molecular weight is 388 g/mol. The van der Waals surface area contributed by atoms with E-state index in [0.29, 0.717) is 18.9 Å². The minimum atomic E-state index is -0.0398. The summed E-state index contributed by atoms with van der Waals surface area (Å²) >= 11 is 6.07. The van der Waals surface area contributed by atoms with Crippen LogP contribution in [0, 0.1) is 0 Å². The number of piperidine rings is 1. The van der Waals surface area contributed by atoms with E-state index < -0.39 is 0 Å². The lowest BCUT2D eigenvalue weighted by Gasteiger charge is -2.34. The highest BCUT2D eigenvalue weighted by Gasteiger charge is 2.32. The van der Waals surface area contributed by atoms with Crippen molar-refractivity contribution in [2.75, 3.05) is 26.2 Å². The van der Waals surface area contributed by atoms with E-state index in [9.17, 15) is 4.79 Å². The summed E-state index contributed by atoms with van der Waals surface area (Å²) in [5, 5.41) is 0.721. The second-order valence-electron chi connectivity index (χ2n) is 7.55. The topological polar surface area (TPSA) is 49.6 Å². The first kappa shape index (κ1) is 18.5. The Bertz CT molecular complexity index is 785. The average Bonchev–Trinajstić information content (AvgIpc) is 3.34. The van der Waals surface area contributed by atoms with Crippen molar-refractivity contribution in [2.45, 2.75) is 44.6 Å². The van der Waals surface area contributed by atoms with Gasteiger partial charge in [-0.3, -0.25) is 9.69 Å². The Labute approximate surface area is 165 Å². The van der Waals surface area contributed by atoms with Crippen LogP contribution in [-0.2, 0) is 11.2 Å². The second kappa shape index (κ2) is 8.44. The summed E-state index contributed by atoms with van der Waals surface area (Å²) in [6, 6.07) is 7.73. The van der Waals surface area contributed by atoms with E-state index in [1.807, 2.05) is 29.2 Å². The lowest BCUT2D eigenvalue weighted by molar-refractivity contribution is -0.136. The molecule has 2 aromatic rings. The minimum absolute atomic E-state index is 0.0398. The Morgan fingerprint density at radius 3 is 2.81 bits per heavy atom. The van der Waals surface area contributed by atoms with Crippen molar-refractivity contribution in [1.29, 1.82) is 0 Å². The molecule has 2 aliphatic rings. The van der Waals surface area contributed by atoms with Gasteiger partial charge in [-0.1, -0.05) is 23.7 Å². The summed E-state index contributed by atoms with van der Waals surface area (Å²) in [6.07, 6.45) is 7.91. The van der Waals surface area contributed by atoms with Crippen LogP contribution in [0.15, 0.2) is 34.9 Å². The van der Waals surface area contributed by atoms with Crippen LogP contribution < -0.4 is 0 Å². The quantitative estimate of drug-likeness (QED) is 0.776. The van der Waals surface area contributed by atoms with Crippen molar-refractivity contribution in [3.05, 3.63) is 52.7 Å². The molecule has 1 aromatic heterocycles. The highest BCUT2D eigenvalue weighted by atomic mass is 35.5. The number of likely N-dealkylation sites (tertiary alicyclic amines) is 2. The van der Waals surface area contributed by atoms with Crippen molar-refractivity contribution in [3.8, 4) is 0 Å². The molecule has 1 unspecified atom stereocenters. The smallest absolute Gasteiger partial charge is 0.237 e. The molecule has 0 aliphatic carbocycles. The van der Waals surface area contributed by atoms with Gasteiger partial charge in [0.2, 0.25) is 11.8 Å². The fraction of sp³-hybridized carbons (Fsp3) is 0.524. The van der Waals surface area contributed by atoms with Crippen LogP contribution in [0.5, 0.6) is 0 Å². The Morgan fingerprint density at radius 2 is 2.00 bits per heavy atom. The first-order valence-corrected chi connectivity index (χ1v) is 10.3. The predicted molar refractivity (Wildman–Crippen MR) is 105 cm³/mol. The zero-order chi connectivity index (χ0) is 18.6. The van der Waals surface area contributed by atoms with Crippen LogP contribution >= 0.6 is 11.6 Å². The minimum Gasteiger partial charge on any atom is -0.443 e. The normalized spacial score (nSPS) is 20.9. The van der Waals surface area contributed by atoms with Gasteiger partial charge in [-0.05, 0) is 62.9 Å². The van der Waals surface area contributed by atoms with E-state index in [0.717, 1.165) is 55.2 Å². The van der Waals surface area contributed by atoms with Gasteiger partial charge in [0, 0.05) is 18.0 Å². The molecule has 3 heterocycles. The Kier molecular flexibility index (Phi) is 5.79. The van der Waals surface area contributed by atoms with Gasteiger partial charge in [0.1, 0.15) is 11.8 Å².